The lowest BCUT2D eigenvalue weighted by molar-refractivity contribution is 0.281. The number of hydrogen-bond donors (Lipinski definition) is 1. The second kappa shape index (κ2) is 3.92. The van der Waals surface area contributed by atoms with Crippen molar-refractivity contribution < 1.29 is 5.11 Å². The van der Waals surface area contributed by atoms with Crippen molar-refractivity contribution in [3.05, 3.63) is 16.9 Å². The van der Waals surface area contributed by atoms with Crippen LogP contribution in [-0.2, 0) is 13.2 Å². The van der Waals surface area contributed by atoms with Crippen LogP contribution in [0, 0.1) is 5.92 Å². The van der Waals surface area contributed by atoms with Crippen molar-refractivity contribution in [1.82, 2.24) is 9.78 Å². The smallest absolute Gasteiger partial charge is 0.132 e. The number of rotatable bonds is 3. The average molecular weight is 189 g/mol. The highest BCUT2D eigenvalue weighted by molar-refractivity contribution is 6.30. The first-order valence-electron chi connectivity index (χ1n) is 3.96. The Balaban J connectivity index is 2.80. The Morgan fingerprint density at radius 1 is 1.67 bits per heavy atom. The fraction of sp³-hybridized carbons (Fsp3) is 0.625. The Bertz CT molecular complexity index is 258. The van der Waals surface area contributed by atoms with Crippen molar-refractivity contribution in [2.45, 2.75) is 27.0 Å². The van der Waals surface area contributed by atoms with Gasteiger partial charge in [0.2, 0.25) is 0 Å². The predicted octanol–water partition coefficient (Wildman–Crippen LogP) is 1.68. The predicted molar refractivity (Wildman–Crippen MR) is 48.0 cm³/mol. The van der Waals surface area contributed by atoms with Gasteiger partial charge in [0.05, 0.1) is 12.8 Å². The quantitative estimate of drug-likeness (QED) is 0.784. The molecule has 1 aromatic heterocycles. The molecule has 0 aliphatic carbocycles. The lowest BCUT2D eigenvalue weighted by atomic mass is 10.2. The summed E-state index contributed by atoms with van der Waals surface area (Å²) in [6.07, 6.45) is 1.60. The number of aliphatic hydroxyl groups excluding tert-OH is 1. The number of aliphatic hydroxyl groups is 1. The van der Waals surface area contributed by atoms with Gasteiger partial charge in [-0.15, -0.1) is 0 Å². The fourth-order valence-corrected chi connectivity index (χ4v) is 1.21. The molecule has 0 saturated carbocycles. The van der Waals surface area contributed by atoms with Crippen LogP contribution < -0.4 is 0 Å². The van der Waals surface area contributed by atoms with Gasteiger partial charge in [0.1, 0.15) is 5.15 Å². The molecule has 1 heterocycles. The fourth-order valence-electron chi connectivity index (χ4n) is 0.988. The average Bonchev–Trinajstić information content (AvgIpc) is 2.32. The molecule has 0 amide bonds. The zero-order valence-corrected chi connectivity index (χ0v) is 8.04. The molecule has 0 saturated heterocycles. The van der Waals surface area contributed by atoms with Gasteiger partial charge in [0, 0.05) is 12.1 Å². The first kappa shape index (κ1) is 9.55. The molecule has 0 atom stereocenters. The van der Waals surface area contributed by atoms with Gasteiger partial charge < -0.3 is 5.11 Å². The standard InChI is InChI=1S/C8H13ClN2O/c1-6(2)4-11-8(9)7(5-12)3-10-11/h3,6,12H,4-5H2,1-2H3. The van der Waals surface area contributed by atoms with Crippen LogP contribution >= 0.6 is 11.6 Å². The van der Waals surface area contributed by atoms with Crippen molar-refractivity contribution in [2.75, 3.05) is 0 Å². The van der Waals surface area contributed by atoms with Gasteiger partial charge in [-0.2, -0.15) is 5.10 Å². The summed E-state index contributed by atoms with van der Waals surface area (Å²) in [7, 11) is 0. The third kappa shape index (κ3) is 1.99. The lowest BCUT2D eigenvalue weighted by Crippen LogP contribution is -2.05. The van der Waals surface area contributed by atoms with E-state index in [0.717, 1.165) is 6.54 Å². The minimum absolute atomic E-state index is 0.0447. The normalized spacial score (nSPS) is 11.1. The van der Waals surface area contributed by atoms with Crippen LogP contribution in [0.3, 0.4) is 0 Å². The molecule has 1 aromatic rings. The third-order valence-corrected chi connectivity index (χ3v) is 1.99. The molecule has 3 nitrogen and oxygen atoms in total. The highest BCUT2D eigenvalue weighted by Crippen LogP contribution is 2.16. The van der Waals surface area contributed by atoms with Crippen LogP contribution in [0.4, 0.5) is 0 Å². The van der Waals surface area contributed by atoms with Crippen molar-refractivity contribution in [3.63, 3.8) is 0 Å². The van der Waals surface area contributed by atoms with Crippen molar-refractivity contribution in [1.29, 1.82) is 0 Å². The minimum Gasteiger partial charge on any atom is -0.392 e. The van der Waals surface area contributed by atoms with E-state index in [1.165, 1.54) is 0 Å². The number of halogens is 1. The van der Waals surface area contributed by atoms with E-state index in [0.29, 0.717) is 16.6 Å². The molecule has 68 valence electrons. The molecule has 1 rings (SSSR count). The zero-order chi connectivity index (χ0) is 9.14. The molecule has 0 bridgehead atoms. The molecule has 4 heteroatoms. The second-order valence-corrected chi connectivity index (χ2v) is 3.55. The summed E-state index contributed by atoms with van der Waals surface area (Å²) in [4.78, 5) is 0. The van der Waals surface area contributed by atoms with Gasteiger partial charge >= 0.3 is 0 Å². The number of nitrogens with zero attached hydrogens (tertiary/aromatic N) is 2. The SMILES string of the molecule is CC(C)Cn1ncc(CO)c1Cl. The minimum atomic E-state index is -0.0447. The number of aromatic nitrogens is 2. The molecular formula is C8H13ClN2O. The molecule has 0 fully saturated rings. The van der Waals surface area contributed by atoms with Crippen molar-refractivity contribution >= 4 is 11.6 Å². The summed E-state index contributed by atoms with van der Waals surface area (Å²) in [6, 6.07) is 0. The third-order valence-electron chi connectivity index (χ3n) is 1.55. The first-order chi connectivity index (χ1) is 5.65. The second-order valence-electron chi connectivity index (χ2n) is 3.19. The van der Waals surface area contributed by atoms with E-state index in [4.69, 9.17) is 16.7 Å². The maximum atomic E-state index is 8.83. The molecule has 0 unspecified atom stereocenters. The highest BCUT2D eigenvalue weighted by atomic mass is 35.5. The van der Waals surface area contributed by atoms with Crippen molar-refractivity contribution in [2.24, 2.45) is 5.92 Å². The van der Waals surface area contributed by atoms with Crippen LogP contribution in [-0.4, -0.2) is 14.9 Å². The van der Waals surface area contributed by atoms with Gasteiger partial charge in [0.15, 0.2) is 0 Å². The first-order valence-corrected chi connectivity index (χ1v) is 4.34. The van der Waals surface area contributed by atoms with Crippen LogP contribution in [0.2, 0.25) is 5.15 Å². The Morgan fingerprint density at radius 3 is 2.75 bits per heavy atom. The van der Waals surface area contributed by atoms with E-state index in [1.54, 1.807) is 10.9 Å². The molecule has 0 spiro atoms. The summed E-state index contributed by atoms with van der Waals surface area (Å²) in [5.74, 6) is 0.508. The monoisotopic (exact) mass is 188 g/mol. The van der Waals surface area contributed by atoms with Crippen LogP contribution in [0.25, 0.3) is 0 Å². The zero-order valence-electron chi connectivity index (χ0n) is 7.29. The van der Waals surface area contributed by atoms with Gasteiger partial charge in [-0.1, -0.05) is 25.4 Å². The maximum absolute atomic E-state index is 8.83. The Labute approximate surface area is 77.0 Å². The Hall–Kier alpha value is -0.540. The molecule has 0 aliphatic rings. The van der Waals surface area contributed by atoms with Crippen LogP contribution in [0.1, 0.15) is 19.4 Å². The molecule has 0 aromatic carbocycles. The van der Waals surface area contributed by atoms with Crippen molar-refractivity contribution in [3.8, 4) is 0 Å². The molecule has 1 N–H and O–H groups in total. The van der Waals surface area contributed by atoms with Gasteiger partial charge in [-0.3, -0.25) is 4.68 Å². The van der Waals surface area contributed by atoms with E-state index < -0.39 is 0 Å². The molecular weight excluding hydrogens is 176 g/mol. The topological polar surface area (TPSA) is 38.0 Å². The van der Waals surface area contributed by atoms with Crippen LogP contribution in [0.5, 0.6) is 0 Å². The summed E-state index contributed by atoms with van der Waals surface area (Å²) in [6.45, 7) is 4.93. The number of hydrogen-bond acceptors (Lipinski definition) is 2. The molecule has 0 radical (unpaired) electrons. The van der Waals surface area contributed by atoms with E-state index in [-0.39, 0.29) is 6.61 Å². The van der Waals surface area contributed by atoms with Gasteiger partial charge in [-0.05, 0) is 5.92 Å². The Morgan fingerprint density at radius 2 is 2.33 bits per heavy atom. The summed E-state index contributed by atoms with van der Waals surface area (Å²) < 4.78 is 1.71. The summed E-state index contributed by atoms with van der Waals surface area (Å²) in [5.41, 5.74) is 0.692. The summed E-state index contributed by atoms with van der Waals surface area (Å²) in [5, 5.41) is 13.4. The van der Waals surface area contributed by atoms with E-state index >= 15 is 0 Å². The van der Waals surface area contributed by atoms with E-state index in [2.05, 4.69) is 18.9 Å². The molecule has 0 aliphatic heterocycles. The largest absolute Gasteiger partial charge is 0.392 e. The molecule has 12 heavy (non-hydrogen) atoms. The lowest BCUT2D eigenvalue weighted by Gasteiger charge is -2.05. The highest BCUT2D eigenvalue weighted by Gasteiger charge is 2.07. The maximum Gasteiger partial charge on any atom is 0.132 e. The van der Waals surface area contributed by atoms with Gasteiger partial charge in [-0.25, -0.2) is 0 Å². The van der Waals surface area contributed by atoms with Crippen LogP contribution in [0.15, 0.2) is 6.20 Å². The van der Waals surface area contributed by atoms with E-state index in [9.17, 15) is 0 Å². The summed E-state index contributed by atoms with van der Waals surface area (Å²) >= 11 is 5.91. The van der Waals surface area contributed by atoms with E-state index in [1.807, 2.05) is 0 Å². The van der Waals surface area contributed by atoms with Gasteiger partial charge in [0.25, 0.3) is 0 Å². The Kier molecular flexibility index (Phi) is 3.12.